The summed E-state index contributed by atoms with van der Waals surface area (Å²) < 4.78 is 6.06. The van der Waals surface area contributed by atoms with Crippen molar-refractivity contribution in [3.05, 3.63) is 23.4 Å². The first kappa shape index (κ1) is 13.8. The third kappa shape index (κ3) is 3.05. The lowest BCUT2D eigenvalue weighted by Crippen LogP contribution is -2.57. The van der Waals surface area contributed by atoms with Gasteiger partial charge in [0, 0.05) is 18.8 Å². The van der Waals surface area contributed by atoms with Gasteiger partial charge in [0.15, 0.2) is 0 Å². The van der Waals surface area contributed by atoms with Crippen LogP contribution in [0.1, 0.15) is 39.0 Å². The van der Waals surface area contributed by atoms with Crippen molar-refractivity contribution in [1.82, 2.24) is 4.98 Å². The van der Waals surface area contributed by atoms with Gasteiger partial charge in [0.25, 0.3) is 0 Å². The van der Waals surface area contributed by atoms with Gasteiger partial charge in [-0.3, -0.25) is 0 Å². The van der Waals surface area contributed by atoms with Crippen molar-refractivity contribution in [2.24, 2.45) is 0 Å². The van der Waals surface area contributed by atoms with E-state index >= 15 is 0 Å². The van der Waals surface area contributed by atoms with Gasteiger partial charge in [0.05, 0.1) is 16.8 Å². The molecule has 1 aliphatic rings. The number of hydrogen-bond acceptors (Lipinski definition) is 4. The number of pyridine rings is 1. The molecular formula is C15H21N3O. The Morgan fingerprint density at radius 1 is 1.21 bits per heavy atom. The Hall–Kier alpha value is -1.60. The number of morpholine rings is 1. The molecule has 1 fully saturated rings. The van der Waals surface area contributed by atoms with E-state index in [9.17, 15) is 5.26 Å². The predicted molar refractivity (Wildman–Crippen MR) is 75.1 cm³/mol. The molecule has 1 aromatic heterocycles. The number of rotatable bonds is 1. The summed E-state index contributed by atoms with van der Waals surface area (Å²) in [6.45, 7) is 11.7. The van der Waals surface area contributed by atoms with Gasteiger partial charge < -0.3 is 9.64 Å². The van der Waals surface area contributed by atoms with Gasteiger partial charge in [-0.1, -0.05) is 0 Å². The highest BCUT2D eigenvalue weighted by Gasteiger charge is 2.39. The molecule has 0 aromatic carbocycles. The largest absolute Gasteiger partial charge is 0.366 e. The standard InChI is InChI=1S/C15H21N3O/c1-11-6-7-12(8-16)13(17-11)18-9-14(2,3)19-15(4,5)10-18/h6-7H,9-10H2,1-5H3. The minimum Gasteiger partial charge on any atom is -0.366 e. The normalized spacial score (nSPS) is 20.9. The summed E-state index contributed by atoms with van der Waals surface area (Å²) in [5.74, 6) is 0.770. The Balaban J connectivity index is 2.41. The molecule has 4 nitrogen and oxygen atoms in total. The van der Waals surface area contributed by atoms with E-state index in [1.165, 1.54) is 0 Å². The number of anilines is 1. The van der Waals surface area contributed by atoms with E-state index in [-0.39, 0.29) is 11.2 Å². The van der Waals surface area contributed by atoms with Crippen LogP contribution in [0.3, 0.4) is 0 Å². The summed E-state index contributed by atoms with van der Waals surface area (Å²) in [4.78, 5) is 6.71. The van der Waals surface area contributed by atoms with Gasteiger partial charge in [-0.2, -0.15) is 5.26 Å². The Labute approximate surface area is 115 Å². The van der Waals surface area contributed by atoms with Gasteiger partial charge in [-0.05, 0) is 46.8 Å². The maximum Gasteiger partial charge on any atom is 0.146 e. The van der Waals surface area contributed by atoms with Gasteiger partial charge in [0.2, 0.25) is 0 Å². The fraction of sp³-hybridized carbons (Fsp3) is 0.600. The van der Waals surface area contributed by atoms with Crippen LogP contribution in [-0.2, 0) is 4.74 Å². The van der Waals surface area contributed by atoms with E-state index < -0.39 is 0 Å². The third-order valence-corrected chi connectivity index (χ3v) is 3.13. The monoisotopic (exact) mass is 259 g/mol. The number of ether oxygens (including phenoxy) is 1. The van der Waals surface area contributed by atoms with Crippen LogP contribution in [0.5, 0.6) is 0 Å². The smallest absolute Gasteiger partial charge is 0.146 e. The second kappa shape index (κ2) is 4.50. The summed E-state index contributed by atoms with van der Waals surface area (Å²) in [6.07, 6.45) is 0. The highest BCUT2D eigenvalue weighted by molar-refractivity contribution is 5.55. The highest BCUT2D eigenvalue weighted by atomic mass is 16.5. The van der Waals surface area contributed by atoms with Crippen molar-refractivity contribution in [2.75, 3.05) is 18.0 Å². The Morgan fingerprint density at radius 2 is 1.79 bits per heavy atom. The van der Waals surface area contributed by atoms with Gasteiger partial charge in [-0.15, -0.1) is 0 Å². The molecule has 0 atom stereocenters. The maximum atomic E-state index is 9.25. The molecule has 0 amide bonds. The summed E-state index contributed by atoms with van der Waals surface area (Å²) in [5.41, 5.74) is 1.05. The first-order valence-corrected chi connectivity index (χ1v) is 6.55. The van der Waals surface area contributed by atoms with Crippen molar-refractivity contribution in [2.45, 2.75) is 45.8 Å². The molecule has 0 spiro atoms. The van der Waals surface area contributed by atoms with Crippen LogP contribution in [0.4, 0.5) is 5.82 Å². The predicted octanol–water partition coefficient (Wildman–Crippen LogP) is 2.66. The summed E-state index contributed by atoms with van der Waals surface area (Å²) in [5, 5.41) is 9.25. The number of aromatic nitrogens is 1. The molecule has 0 N–H and O–H groups in total. The fourth-order valence-electron chi connectivity index (χ4n) is 2.81. The van der Waals surface area contributed by atoms with Crippen molar-refractivity contribution in [3.8, 4) is 6.07 Å². The molecule has 4 heteroatoms. The first-order valence-electron chi connectivity index (χ1n) is 6.55. The van der Waals surface area contributed by atoms with Crippen LogP contribution in [-0.4, -0.2) is 29.3 Å². The molecule has 0 saturated carbocycles. The fourth-order valence-corrected chi connectivity index (χ4v) is 2.81. The van der Waals surface area contributed by atoms with E-state index in [1.807, 2.05) is 19.1 Å². The summed E-state index contributed by atoms with van der Waals surface area (Å²) >= 11 is 0. The van der Waals surface area contributed by atoms with Crippen LogP contribution in [0.2, 0.25) is 0 Å². The average Bonchev–Trinajstić information content (AvgIpc) is 2.24. The highest BCUT2D eigenvalue weighted by Crippen LogP contribution is 2.31. The molecule has 0 radical (unpaired) electrons. The molecule has 2 heterocycles. The van der Waals surface area contributed by atoms with E-state index in [0.29, 0.717) is 5.56 Å². The Bertz CT molecular complexity index is 513. The van der Waals surface area contributed by atoms with Crippen molar-refractivity contribution in [1.29, 1.82) is 5.26 Å². The summed E-state index contributed by atoms with van der Waals surface area (Å²) in [7, 11) is 0. The lowest BCUT2D eigenvalue weighted by molar-refractivity contribution is -0.133. The molecule has 1 aliphatic heterocycles. The maximum absolute atomic E-state index is 9.25. The summed E-state index contributed by atoms with van der Waals surface area (Å²) in [6, 6.07) is 5.94. The minimum atomic E-state index is -0.250. The second-order valence-corrected chi connectivity index (χ2v) is 6.41. The molecule has 1 saturated heterocycles. The van der Waals surface area contributed by atoms with Crippen molar-refractivity contribution in [3.63, 3.8) is 0 Å². The number of aryl methyl sites for hydroxylation is 1. The topological polar surface area (TPSA) is 49.2 Å². The van der Waals surface area contributed by atoms with Gasteiger partial charge in [-0.25, -0.2) is 4.98 Å². The van der Waals surface area contributed by atoms with Crippen LogP contribution in [0.15, 0.2) is 12.1 Å². The molecule has 0 unspecified atom stereocenters. The van der Waals surface area contributed by atoms with Crippen LogP contribution >= 0.6 is 0 Å². The molecule has 19 heavy (non-hydrogen) atoms. The molecule has 102 valence electrons. The van der Waals surface area contributed by atoms with Crippen molar-refractivity contribution < 1.29 is 4.74 Å². The zero-order valence-corrected chi connectivity index (χ0v) is 12.3. The molecular weight excluding hydrogens is 238 g/mol. The van der Waals surface area contributed by atoms with Gasteiger partial charge >= 0.3 is 0 Å². The molecule has 0 aliphatic carbocycles. The van der Waals surface area contributed by atoms with E-state index in [1.54, 1.807) is 0 Å². The Morgan fingerprint density at radius 3 is 2.32 bits per heavy atom. The molecule has 1 aromatic rings. The SMILES string of the molecule is Cc1ccc(C#N)c(N2CC(C)(C)OC(C)(C)C2)n1. The van der Waals surface area contributed by atoms with Gasteiger partial charge in [0.1, 0.15) is 11.9 Å². The third-order valence-electron chi connectivity index (χ3n) is 3.13. The van der Waals surface area contributed by atoms with Crippen LogP contribution < -0.4 is 4.90 Å². The van der Waals surface area contributed by atoms with E-state index in [0.717, 1.165) is 24.6 Å². The lowest BCUT2D eigenvalue weighted by atomic mass is 9.98. The van der Waals surface area contributed by atoms with Crippen molar-refractivity contribution >= 4 is 5.82 Å². The zero-order valence-electron chi connectivity index (χ0n) is 12.3. The average molecular weight is 259 g/mol. The molecule has 0 bridgehead atoms. The number of nitriles is 1. The van der Waals surface area contributed by atoms with Crippen LogP contribution in [0, 0.1) is 18.3 Å². The van der Waals surface area contributed by atoms with E-state index in [2.05, 4.69) is 43.6 Å². The lowest BCUT2D eigenvalue weighted by Gasteiger charge is -2.47. The first-order chi connectivity index (χ1) is 8.72. The number of nitrogens with zero attached hydrogens (tertiary/aromatic N) is 3. The Kier molecular flexibility index (Phi) is 3.27. The van der Waals surface area contributed by atoms with E-state index in [4.69, 9.17) is 4.74 Å². The molecule has 2 rings (SSSR count). The second-order valence-electron chi connectivity index (χ2n) is 6.41. The quantitative estimate of drug-likeness (QED) is 0.778. The number of hydrogen-bond donors (Lipinski definition) is 0. The minimum absolute atomic E-state index is 0.250. The zero-order chi connectivity index (χ0) is 14.3. The van der Waals surface area contributed by atoms with Crippen LogP contribution in [0.25, 0.3) is 0 Å².